The van der Waals surface area contributed by atoms with Gasteiger partial charge in [-0.25, -0.2) is 9.78 Å². The van der Waals surface area contributed by atoms with Crippen LogP contribution in [0, 0.1) is 13.8 Å². The number of nitrogens with zero attached hydrogens (tertiary/aromatic N) is 2. The highest BCUT2D eigenvalue weighted by molar-refractivity contribution is 7.09. The largest absolute Gasteiger partial charge is 0.455 e. The van der Waals surface area contributed by atoms with E-state index >= 15 is 0 Å². The average Bonchev–Trinajstić information content (AvgIpc) is 3.28. The molecule has 0 bridgehead atoms. The van der Waals surface area contributed by atoms with Crippen molar-refractivity contribution in [3.63, 3.8) is 0 Å². The van der Waals surface area contributed by atoms with Gasteiger partial charge in [-0.3, -0.25) is 4.79 Å². The van der Waals surface area contributed by atoms with Crippen LogP contribution in [-0.2, 0) is 22.6 Å². The standard InChI is InChI=1S/C21H23N3O4S/c1-12(2)20-19(14(4)24-28-20)21(26)27-10-16-11-29-18(23-16)9-17(25)22-15-7-5-13(3)6-8-15/h5-8,11-12H,9-10H2,1-4H3,(H,22,25). The van der Waals surface area contributed by atoms with E-state index in [4.69, 9.17) is 9.26 Å². The summed E-state index contributed by atoms with van der Waals surface area (Å²) in [5.41, 5.74) is 3.35. The Morgan fingerprint density at radius 2 is 1.93 bits per heavy atom. The molecule has 0 fully saturated rings. The topological polar surface area (TPSA) is 94.3 Å². The number of aryl methyl sites for hydroxylation is 2. The summed E-state index contributed by atoms with van der Waals surface area (Å²) in [6, 6.07) is 7.59. The summed E-state index contributed by atoms with van der Waals surface area (Å²) in [6.45, 7) is 7.57. The molecule has 1 amide bonds. The molecular formula is C21H23N3O4S. The predicted molar refractivity (Wildman–Crippen MR) is 110 cm³/mol. The summed E-state index contributed by atoms with van der Waals surface area (Å²) >= 11 is 1.36. The molecule has 152 valence electrons. The molecule has 3 aromatic rings. The Hall–Kier alpha value is -3.00. The molecular weight excluding hydrogens is 390 g/mol. The highest BCUT2D eigenvalue weighted by Crippen LogP contribution is 2.23. The molecule has 0 aliphatic carbocycles. The molecule has 8 heteroatoms. The highest BCUT2D eigenvalue weighted by Gasteiger charge is 2.24. The number of nitrogens with one attached hydrogen (secondary N) is 1. The summed E-state index contributed by atoms with van der Waals surface area (Å²) in [5.74, 6) is -0.0940. The smallest absolute Gasteiger partial charge is 0.344 e. The van der Waals surface area contributed by atoms with E-state index in [2.05, 4.69) is 15.5 Å². The number of ether oxygens (including phenoxy) is 1. The van der Waals surface area contributed by atoms with Crippen molar-refractivity contribution >= 4 is 28.9 Å². The van der Waals surface area contributed by atoms with Crippen LogP contribution < -0.4 is 5.32 Å². The van der Waals surface area contributed by atoms with Crippen LogP contribution in [0.1, 0.15) is 57.8 Å². The molecule has 0 aliphatic rings. The average molecular weight is 413 g/mol. The quantitative estimate of drug-likeness (QED) is 0.577. The Morgan fingerprint density at radius 1 is 1.21 bits per heavy atom. The van der Waals surface area contributed by atoms with Gasteiger partial charge in [-0.05, 0) is 26.0 Å². The fourth-order valence-corrected chi connectivity index (χ4v) is 3.49. The van der Waals surface area contributed by atoms with Crippen LogP contribution in [0.3, 0.4) is 0 Å². The summed E-state index contributed by atoms with van der Waals surface area (Å²) < 4.78 is 10.6. The third kappa shape index (κ3) is 5.29. The van der Waals surface area contributed by atoms with Crippen molar-refractivity contribution in [1.82, 2.24) is 10.1 Å². The highest BCUT2D eigenvalue weighted by atomic mass is 32.1. The fraction of sp³-hybridized carbons (Fsp3) is 0.333. The van der Waals surface area contributed by atoms with Crippen molar-refractivity contribution < 1.29 is 18.8 Å². The lowest BCUT2D eigenvalue weighted by Crippen LogP contribution is -2.14. The van der Waals surface area contributed by atoms with Gasteiger partial charge in [0.25, 0.3) is 0 Å². The zero-order valence-corrected chi connectivity index (χ0v) is 17.6. The van der Waals surface area contributed by atoms with Gasteiger partial charge >= 0.3 is 5.97 Å². The van der Waals surface area contributed by atoms with Gasteiger partial charge < -0.3 is 14.6 Å². The first kappa shape index (κ1) is 20.7. The zero-order valence-electron chi connectivity index (χ0n) is 16.8. The van der Waals surface area contributed by atoms with Gasteiger partial charge in [0.05, 0.1) is 17.8 Å². The summed E-state index contributed by atoms with van der Waals surface area (Å²) in [7, 11) is 0. The molecule has 1 aromatic carbocycles. The summed E-state index contributed by atoms with van der Waals surface area (Å²) in [5, 5.41) is 9.14. The number of benzene rings is 1. The van der Waals surface area contributed by atoms with E-state index in [1.165, 1.54) is 11.3 Å². The van der Waals surface area contributed by atoms with Crippen LogP contribution in [0.5, 0.6) is 0 Å². The molecule has 0 atom stereocenters. The summed E-state index contributed by atoms with van der Waals surface area (Å²) in [4.78, 5) is 29.0. The summed E-state index contributed by atoms with van der Waals surface area (Å²) in [6.07, 6.45) is 0.161. The lowest BCUT2D eigenvalue weighted by molar-refractivity contribution is -0.115. The maximum Gasteiger partial charge on any atom is 0.344 e. The molecule has 7 nitrogen and oxygen atoms in total. The molecule has 3 rings (SSSR count). The van der Waals surface area contributed by atoms with Crippen LogP contribution in [0.25, 0.3) is 0 Å². The Bertz CT molecular complexity index is 1010. The van der Waals surface area contributed by atoms with Crippen molar-refractivity contribution in [2.75, 3.05) is 5.32 Å². The zero-order chi connectivity index (χ0) is 21.0. The van der Waals surface area contributed by atoms with E-state index in [1.807, 2.05) is 45.0 Å². The van der Waals surface area contributed by atoms with Crippen molar-refractivity contribution in [2.24, 2.45) is 0 Å². The van der Waals surface area contributed by atoms with E-state index in [-0.39, 0.29) is 24.9 Å². The SMILES string of the molecule is Cc1ccc(NC(=O)Cc2nc(COC(=O)c3c(C)noc3C(C)C)cs2)cc1. The third-order valence-electron chi connectivity index (χ3n) is 4.22. The van der Waals surface area contributed by atoms with E-state index in [1.54, 1.807) is 12.3 Å². The minimum Gasteiger partial charge on any atom is -0.455 e. The van der Waals surface area contributed by atoms with Crippen LogP contribution in [0.15, 0.2) is 34.2 Å². The lowest BCUT2D eigenvalue weighted by Gasteiger charge is -2.05. The predicted octanol–water partition coefficient (Wildman–Crippen LogP) is 4.41. The Morgan fingerprint density at radius 3 is 2.62 bits per heavy atom. The molecule has 0 unspecified atom stereocenters. The first-order valence-electron chi connectivity index (χ1n) is 9.26. The van der Waals surface area contributed by atoms with Crippen molar-refractivity contribution in [1.29, 1.82) is 0 Å². The minimum absolute atomic E-state index is 0.0247. The molecule has 0 spiro atoms. The second kappa shape index (κ2) is 9.00. The molecule has 1 N–H and O–H groups in total. The molecule has 2 heterocycles. The maximum absolute atomic E-state index is 12.4. The number of rotatable bonds is 7. The minimum atomic E-state index is -0.487. The number of anilines is 1. The van der Waals surface area contributed by atoms with Crippen molar-refractivity contribution in [3.05, 3.63) is 62.9 Å². The Balaban J connectivity index is 1.55. The number of thiazole rings is 1. The molecule has 0 saturated carbocycles. The van der Waals surface area contributed by atoms with Crippen LogP contribution >= 0.6 is 11.3 Å². The van der Waals surface area contributed by atoms with Gasteiger partial charge in [0, 0.05) is 17.0 Å². The number of amides is 1. The van der Waals surface area contributed by atoms with E-state index in [0.29, 0.717) is 27.7 Å². The van der Waals surface area contributed by atoms with Crippen molar-refractivity contribution in [3.8, 4) is 0 Å². The maximum atomic E-state index is 12.4. The molecule has 2 aromatic heterocycles. The van der Waals surface area contributed by atoms with Crippen LogP contribution in [-0.4, -0.2) is 22.0 Å². The number of esters is 1. The second-order valence-corrected chi connectivity index (χ2v) is 8.00. The molecule has 0 aliphatic heterocycles. The number of carbonyl (C=O) groups excluding carboxylic acids is 2. The van der Waals surface area contributed by atoms with Gasteiger partial charge in [0.2, 0.25) is 5.91 Å². The van der Waals surface area contributed by atoms with Crippen LogP contribution in [0.4, 0.5) is 5.69 Å². The van der Waals surface area contributed by atoms with E-state index in [9.17, 15) is 9.59 Å². The number of carbonyl (C=O) groups is 2. The van der Waals surface area contributed by atoms with E-state index < -0.39 is 5.97 Å². The number of hydrogen-bond acceptors (Lipinski definition) is 7. The first-order chi connectivity index (χ1) is 13.8. The third-order valence-corrected chi connectivity index (χ3v) is 5.11. The Labute approximate surface area is 173 Å². The normalized spacial score (nSPS) is 10.9. The van der Waals surface area contributed by atoms with Crippen LogP contribution in [0.2, 0.25) is 0 Å². The fourth-order valence-electron chi connectivity index (χ4n) is 2.72. The second-order valence-electron chi connectivity index (χ2n) is 7.06. The lowest BCUT2D eigenvalue weighted by atomic mass is 10.1. The Kier molecular flexibility index (Phi) is 6.43. The monoisotopic (exact) mass is 413 g/mol. The van der Waals surface area contributed by atoms with Gasteiger partial charge in [-0.15, -0.1) is 11.3 Å². The number of hydrogen-bond donors (Lipinski definition) is 1. The number of aromatic nitrogens is 2. The first-order valence-corrected chi connectivity index (χ1v) is 10.1. The van der Waals surface area contributed by atoms with Gasteiger partial charge in [-0.2, -0.15) is 0 Å². The van der Waals surface area contributed by atoms with Gasteiger partial charge in [0.1, 0.15) is 17.2 Å². The molecule has 0 radical (unpaired) electrons. The van der Waals surface area contributed by atoms with Gasteiger partial charge in [-0.1, -0.05) is 36.7 Å². The molecule has 0 saturated heterocycles. The van der Waals surface area contributed by atoms with Gasteiger partial charge in [0.15, 0.2) is 5.76 Å². The van der Waals surface area contributed by atoms with Crippen molar-refractivity contribution in [2.45, 2.75) is 46.6 Å². The van der Waals surface area contributed by atoms with E-state index in [0.717, 1.165) is 11.3 Å². The molecule has 29 heavy (non-hydrogen) atoms.